The highest BCUT2D eigenvalue weighted by atomic mass is 16.6. The summed E-state index contributed by atoms with van der Waals surface area (Å²) >= 11 is 0. The smallest absolute Gasteiger partial charge is 0.412 e. The Bertz CT molecular complexity index is 1770. The van der Waals surface area contributed by atoms with E-state index in [0.29, 0.717) is 37.1 Å². The number of hydrogen-bond acceptors (Lipinski definition) is 14. The van der Waals surface area contributed by atoms with Crippen molar-refractivity contribution in [1.82, 2.24) is 26.6 Å². The highest BCUT2D eigenvalue weighted by molar-refractivity contribution is 5.95. The third kappa shape index (κ3) is 27.2. The largest absolute Gasteiger partial charge is 0.459 e. The average molecular weight is 948 g/mol. The summed E-state index contributed by atoms with van der Waals surface area (Å²) in [7, 11) is 0. The third-order valence-corrected chi connectivity index (χ3v) is 9.60. The molecule has 67 heavy (non-hydrogen) atoms. The van der Waals surface area contributed by atoms with Crippen LogP contribution in [0.5, 0.6) is 0 Å². The number of nitrogens with two attached hydrogens (primary N) is 1. The summed E-state index contributed by atoms with van der Waals surface area (Å²) in [6.45, 7) is 16.0. The van der Waals surface area contributed by atoms with Gasteiger partial charge in [-0.3, -0.25) is 34.1 Å². The van der Waals surface area contributed by atoms with Gasteiger partial charge in [0.05, 0.1) is 19.8 Å². The van der Waals surface area contributed by atoms with Crippen molar-refractivity contribution < 1.29 is 62.0 Å². The summed E-state index contributed by atoms with van der Waals surface area (Å²) in [5.74, 6) is -3.31. The zero-order valence-corrected chi connectivity index (χ0v) is 41.0. The molecule has 0 spiro atoms. The Morgan fingerprint density at radius 2 is 1.21 bits per heavy atom. The Kier molecular flexibility index (Phi) is 24.8. The van der Waals surface area contributed by atoms with E-state index in [-0.39, 0.29) is 82.4 Å². The molecular weight excluding hydrogens is 871 g/mol. The number of anilines is 1. The molecule has 0 radical (unpaired) electrons. The van der Waals surface area contributed by atoms with E-state index in [1.165, 1.54) is 0 Å². The lowest BCUT2D eigenvalue weighted by Crippen LogP contribution is -2.50. The lowest BCUT2D eigenvalue weighted by atomic mass is 10.1. The molecule has 1 aliphatic carbocycles. The van der Waals surface area contributed by atoms with E-state index in [9.17, 15) is 38.4 Å². The van der Waals surface area contributed by atoms with Crippen molar-refractivity contribution in [3.05, 3.63) is 29.8 Å². The van der Waals surface area contributed by atoms with Crippen LogP contribution in [0.1, 0.15) is 143 Å². The van der Waals surface area contributed by atoms with Crippen molar-refractivity contribution in [1.29, 1.82) is 0 Å². The van der Waals surface area contributed by atoms with E-state index in [0.717, 1.165) is 25.7 Å². The monoisotopic (exact) mass is 948 g/mol. The Morgan fingerprint density at radius 1 is 0.627 bits per heavy atom. The van der Waals surface area contributed by atoms with Gasteiger partial charge in [0, 0.05) is 43.2 Å². The SMILES string of the molecule is CC(C)(C)OC(=O)Nc1ccc(C(=O)NCCCC[C@H](NC(=O)COCCOCCNC(=O)CCC(NC(=O)CCC(N)C(=O)OC(C)(C)C)C(=O)OC(C)(C)C)C(=O)NC2CCCC2)cc1. The number of benzene rings is 1. The maximum atomic E-state index is 13.2. The minimum absolute atomic E-state index is 0.00898. The molecule has 0 aromatic heterocycles. The number of nitrogens with one attached hydrogen (secondary N) is 6. The van der Waals surface area contributed by atoms with Crippen molar-refractivity contribution in [3.63, 3.8) is 0 Å². The Hall–Kier alpha value is -5.34. The first-order valence-corrected chi connectivity index (χ1v) is 23.2. The van der Waals surface area contributed by atoms with Gasteiger partial charge in [-0.25, -0.2) is 9.59 Å². The van der Waals surface area contributed by atoms with Crippen molar-refractivity contribution in [2.45, 2.75) is 174 Å². The van der Waals surface area contributed by atoms with Crippen molar-refractivity contribution >= 4 is 53.3 Å². The van der Waals surface area contributed by atoms with Gasteiger partial charge < -0.3 is 56.0 Å². The summed E-state index contributed by atoms with van der Waals surface area (Å²) < 4.78 is 26.9. The summed E-state index contributed by atoms with van der Waals surface area (Å²) in [4.78, 5) is 101. The maximum Gasteiger partial charge on any atom is 0.412 e. The fourth-order valence-corrected chi connectivity index (χ4v) is 6.46. The second-order valence-corrected chi connectivity index (χ2v) is 19.5. The van der Waals surface area contributed by atoms with E-state index in [1.54, 1.807) is 86.6 Å². The Morgan fingerprint density at radius 3 is 1.84 bits per heavy atom. The minimum Gasteiger partial charge on any atom is -0.459 e. The quantitative estimate of drug-likeness (QED) is 0.0377. The first kappa shape index (κ1) is 57.8. The third-order valence-electron chi connectivity index (χ3n) is 9.60. The topological polar surface area (TPSA) is 281 Å². The molecule has 8 N–H and O–H groups in total. The summed E-state index contributed by atoms with van der Waals surface area (Å²) in [6, 6.07) is 3.52. The molecule has 0 saturated heterocycles. The van der Waals surface area contributed by atoms with Gasteiger partial charge in [0.1, 0.15) is 41.5 Å². The lowest BCUT2D eigenvalue weighted by molar-refractivity contribution is -0.159. The second kappa shape index (κ2) is 28.7. The molecule has 1 aromatic rings. The number of amides is 6. The molecule has 0 heterocycles. The standard InChI is InChI=1S/C47H77N7O13/c1-45(2,3)65-42(60)34(48)21-23-38(56)54-36(43(61)66-46(4,5)6)22-24-37(55)49-26-27-63-28-29-64-30-39(57)53-35(41(59)51-32-14-10-11-15-32)16-12-13-25-50-40(58)31-17-19-33(20-18-31)52-44(62)67-47(7,8)9/h17-20,32,34-36H,10-16,21-30,48H2,1-9H3,(H,49,55)(H,50,58)(H,51,59)(H,52,62)(H,53,57)(H,54,56)/t34?,35-,36?/m0/s1. The van der Waals surface area contributed by atoms with Crippen molar-refractivity contribution in [2.75, 3.05) is 44.8 Å². The predicted octanol–water partition coefficient (Wildman–Crippen LogP) is 3.68. The van der Waals surface area contributed by atoms with Crippen LogP contribution < -0.4 is 37.6 Å². The van der Waals surface area contributed by atoms with E-state index in [4.69, 9.17) is 29.4 Å². The first-order valence-electron chi connectivity index (χ1n) is 23.2. The predicted molar refractivity (Wildman–Crippen MR) is 250 cm³/mol. The number of esters is 2. The fraction of sp³-hybridized carbons (Fsp3) is 0.702. The van der Waals surface area contributed by atoms with E-state index < -0.39 is 64.8 Å². The van der Waals surface area contributed by atoms with Gasteiger partial charge in [0.25, 0.3) is 5.91 Å². The number of ether oxygens (including phenoxy) is 5. The van der Waals surface area contributed by atoms with Gasteiger partial charge in [-0.1, -0.05) is 12.8 Å². The summed E-state index contributed by atoms with van der Waals surface area (Å²) in [5.41, 5.74) is 4.57. The van der Waals surface area contributed by atoms with Crippen LogP contribution in [0.4, 0.5) is 10.5 Å². The molecule has 6 amide bonds. The molecule has 20 heteroatoms. The lowest BCUT2D eigenvalue weighted by Gasteiger charge is -2.25. The van der Waals surface area contributed by atoms with Crippen LogP contribution in [0.15, 0.2) is 24.3 Å². The van der Waals surface area contributed by atoms with Gasteiger partial charge in [-0.15, -0.1) is 0 Å². The number of carbonyl (C=O) groups excluding carboxylic acids is 8. The van der Waals surface area contributed by atoms with Gasteiger partial charge in [-0.05, 0) is 132 Å². The molecule has 1 fully saturated rings. The van der Waals surface area contributed by atoms with E-state index in [2.05, 4.69) is 31.9 Å². The van der Waals surface area contributed by atoms with Crippen LogP contribution in [0.2, 0.25) is 0 Å². The van der Waals surface area contributed by atoms with Gasteiger partial charge in [-0.2, -0.15) is 0 Å². The number of unbranched alkanes of at least 4 members (excludes halogenated alkanes) is 1. The van der Waals surface area contributed by atoms with Crippen LogP contribution >= 0.6 is 0 Å². The molecule has 0 bridgehead atoms. The Balaban J connectivity index is 1.72. The maximum absolute atomic E-state index is 13.2. The number of hydrogen-bond donors (Lipinski definition) is 7. The minimum atomic E-state index is -1.12. The van der Waals surface area contributed by atoms with E-state index >= 15 is 0 Å². The molecule has 20 nitrogen and oxygen atoms in total. The van der Waals surface area contributed by atoms with Gasteiger partial charge in [0.2, 0.25) is 23.6 Å². The summed E-state index contributed by atoms with van der Waals surface area (Å²) in [5, 5.41) is 16.6. The van der Waals surface area contributed by atoms with Crippen LogP contribution in [0.25, 0.3) is 0 Å². The van der Waals surface area contributed by atoms with Crippen LogP contribution in [0.3, 0.4) is 0 Å². The molecule has 2 rings (SSSR count). The molecule has 1 aromatic carbocycles. The van der Waals surface area contributed by atoms with Crippen LogP contribution in [-0.2, 0) is 52.5 Å². The fourth-order valence-electron chi connectivity index (χ4n) is 6.46. The van der Waals surface area contributed by atoms with Gasteiger partial charge in [0.15, 0.2) is 0 Å². The zero-order valence-electron chi connectivity index (χ0n) is 41.0. The zero-order chi connectivity index (χ0) is 50.2. The molecular formula is C47H77N7O13. The van der Waals surface area contributed by atoms with Gasteiger partial charge >= 0.3 is 18.0 Å². The molecule has 3 atom stereocenters. The Labute approximate surface area is 395 Å². The van der Waals surface area contributed by atoms with Crippen LogP contribution in [-0.4, -0.2) is 128 Å². The first-order chi connectivity index (χ1) is 31.3. The normalized spacial score (nSPS) is 14.4. The highest BCUT2D eigenvalue weighted by Gasteiger charge is 2.29. The molecule has 1 saturated carbocycles. The molecule has 0 aliphatic heterocycles. The molecule has 378 valence electrons. The highest BCUT2D eigenvalue weighted by Crippen LogP contribution is 2.19. The van der Waals surface area contributed by atoms with Crippen LogP contribution in [0, 0.1) is 0 Å². The number of rotatable bonds is 27. The molecule has 1 aliphatic rings. The van der Waals surface area contributed by atoms with Crippen molar-refractivity contribution in [3.8, 4) is 0 Å². The van der Waals surface area contributed by atoms with Crippen molar-refractivity contribution in [2.24, 2.45) is 5.73 Å². The molecule has 2 unspecified atom stereocenters. The number of carbonyl (C=O) groups is 8. The van der Waals surface area contributed by atoms with E-state index in [1.807, 2.05) is 0 Å². The average Bonchev–Trinajstić information content (AvgIpc) is 3.73. The summed E-state index contributed by atoms with van der Waals surface area (Å²) in [6.07, 6.45) is 4.37. The second-order valence-electron chi connectivity index (χ2n) is 19.5.